The normalized spacial score (nSPS) is 11.0. The molecule has 0 amide bonds. The topological polar surface area (TPSA) is 53.6 Å². The van der Waals surface area contributed by atoms with E-state index in [0.717, 1.165) is 0 Å². The average Bonchev–Trinajstić information content (AvgIpc) is 2.67. The van der Waals surface area contributed by atoms with Crippen molar-refractivity contribution in [1.82, 2.24) is 0 Å². The van der Waals surface area contributed by atoms with Crippen LogP contribution in [0.3, 0.4) is 0 Å². The largest absolute Gasteiger partial charge is 0.505 e. The fourth-order valence-corrected chi connectivity index (χ4v) is 1.51. The lowest BCUT2D eigenvalue weighted by atomic mass is 9.84. The number of phenolic OH excluding ortho intramolecular Hbond substituents is 2. The van der Waals surface area contributed by atoms with E-state index < -0.39 is 11.5 Å². The summed E-state index contributed by atoms with van der Waals surface area (Å²) in [5.41, 5.74) is 0.413. The predicted octanol–water partition coefficient (Wildman–Crippen LogP) is -0.00600. The van der Waals surface area contributed by atoms with Crippen molar-refractivity contribution >= 4 is 37.6 Å². The molecule has 0 saturated heterocycles. The highest BCUT2D eigenvalue weighted by atomic mass is 16.3. The van der Waals surface area contributed by atoms with E-state index in [4.69, 9.17) is 20.1 Å². The monoisotopic (exact) mass is 198 g/mol. The summed E-state index contributed by atoms with van der Waals surface area (Å²) in [7, 11) is 11.2. The first-order valence-corrected chi connectivity index (χ1v) is 4.57. The molecule has 2 N–H and O–H groups in total. The molecule has 1 heterocycles. The molecule has 2 aromatic rings. The van der Waals surface area contributed by atoms with Crippen LogP contribution in [0.25, 0.3) is 11.0 Å². The quantitative estimate of drug-likeness (QED) is 0.500. The second-order valence-corrected chi connectivity index (χ2v) is 3.33. The Kier molecular flexibility index (Phi) is 2.18. The first-order valence-electron chi connectivity index (χ1n) is 4.57. The highest BCUT2D eigenvalue weighted by Crippen LogP contribution is 2.26. The van der Waals surface area contributed by atoms with E-state index >= 15 is 0 Å². The van der Waals surface area contributed by atoms with Crippen molar-refractivity contribution in [2.75, 3.05) is 0 Å². The molecule has 1 aromatic heterocycles. The van der Waals surface area contributed by atoms with Crippen molar-refractivity contribution in [3.05, 3.63) is 11.8 Å². The Bertz CT molecular complexity index is 486. The van der Waals surface area contributed by atoms with Crippen LogP contribution >= 0.6 is 0 Å². The first kappa shape index (κ1) is 10.0. The van der Waals surface area contributed by atoms with Crippen LogP contribution in [0.5, 0.6) is 11.5 Å². The van der Waals surface area contributed by atoms with Crippen LogP contribution in [0.4, 0.5) is 0 Å². The van der Waals surface area contributed by atoms with E-state index in [2.05, 4.69) is 0 Å². The summed E-state index contributed by atoms with van der Waals surface area (Å²) in [6, 6.07) is 1.71. The summed E-state index contributed by atoms with van der Waals surface area (Å²) < 4.78 is 5.39. The second-order valence-electron chi connectivity index (χ2n) is 3.33. The summed E-state index contributed by atoms with van der Waals surface area (Å²) >= 11 is 0. The number of rotatable bonds is 1. The molecule has 5 heteroatoms. The average molecular weight is 198 g/mol. The highest BCUT2D eigenvalue weighted by Gasteiger charge is 2.15. The third kappa shape index (κ3) is 1.30. The Labute approximate surface area is 89.5 Å². The van der Waals surface area contributed by atoms with Gasteiger partial charge in [0.25, 0.3) is 0 Å². The summed E-state index contributed by atoms with van der Waals surface area (Å²) in [5.74, 6) is -0.131. The molecular formula is C10H8B2O3. The molecular weight excluding hydrogens is 190 g/mol. The zero-order valence-corrected chi connectivity index (χ0v) is 8.24. The summed E-state index contributed by atoms with van der Waals surface area (Å²) in [6.07, 6.45) is 0.690. The van der Waals surface area contributed by atoms with Crippen molar-refractivity contribution in [2.45, 2.75) is 13.3 Å². The Morgan fingerprint density at radius 1 is 1.20 bits per heavy atom. The number of aromatic hydroxyl groups is 2. The van der Waals surface area contributed by atoms with Gasteiger partial charge in [0.2, 0.25) is 0 Å². The first-order chi connectivity index (χ1) is 7.06. The molecule has 0 fully saturated rings. The van der Waals surface area contributed by atoms with Crippen LogP contribution in [-0.4, -0.2) is 25.9 Å². The maximum atomic E-state index is 9.47. The third-order valence-electron chi connectivity index (χ3n) is 2.40. The van der Waals surface area contributed by atoms with Crippen molar-refractivity contribution < 1.29 is 14.6 Å². The lowest BCUT2D eigenvalue weighted by molar-refractivity contribution is 0.409. The standard InChI is InChI=1S/C10H8B2O3/c1-2-4-3-5-6(11)8(13)9(14)7(12)10(5)15-4/h3,13-14H,2H2,1H3. The van der Waals surface area contributed by atoms with Crippen LogP contribution in [0.2, 0.25) is 0 Å². The smallest absolute Gasteiger partial charge is 0.153 e. The van der Waals surface area contributed by atoms with Crippen molar-refractivity contribution in [3.8, 4) is 11.5 Å². The Balaban J connectivity index is 2.90. The third-order valence-corrected chi connectivity index (χ3v) is 2.40. The van der Waals surface area contributed by atoms with Crippen molar-refractivity contribution in [2.24, 2.45) is 0 Å². The van der Waals surface area contributed by atoms with Gasteiger partial charge in [-0.05, 0) is 17.0 Å². The van der Waals surface area contributed by atoms with E-state index in [-0.39, 0.29) is 10.9 Å². The van der Waals surface area contributed by atoms with Gasteiger partial charge in [-0.1, -0.05) is 6.92 Å². The van der Waals surface area contributed by atoms with E-state index in [1.807, 2.05) is 6.92 Å². The van der Waals surface area contributed by atoms with Gasteiger partial charge in [0.15, 0.2) is 5.75 Å². The van der Waals surface area contributed by atoms with Gasteiger partial charge in [-0.2, -0.15) is 0 Å². The summed E-state index contributed by atoms with van der Waals surface area (Å²) in [6.45, 7) is 1.92. The molecule has 0 atom stereocenters. The second kappa shape index (κ2) is 3.26. The molecule has 0 spiro atoms. The van der Waals surface area contributed by atoms with E-state index in [1.54, 1.807) is 6.07 Å². The Hall–Kier alpha value is -1.51. The van der Waals surface area contributed by atoms with Gasteiger partial charge in [-0.25, -0.2) is 0 Å². The number of hydrogen-bond acceptors (Lipinski definition) is 3. The minimum atomic E-state index is -0.433. The number of phenols is 2. The molecule has 0 bridgehead atoms. The molecule has 0 unspecified atom stereocenters. The van der Waals surface area contributed by atoms with Crippen LogP contribution < -0.4 is 10.9 Å². The molecule has 4 radical (unpaired) electrons. The molecule has 0 aliphatic rings. The maximum absolute atomic E-state index is 9.47. The lowest BCUT2D eigenvalue weighted by Gasteiger charge is -2.06. The van der Waals surface area contributed by atoms with E-state index in [1.165, 1.54) is 0 Å². The predicted molar refractivity (Wildman–Crippen MR) is 59.7 cm³/mol. The van der Waals surface area contributed by atoms with Crippen molar-refractivity contribution in [3.63, 3.8) is 0 Å². The number of hydrogen-bond donors (Lipinski definition) is 2. The van der Waals surface area contributed by atoms with Crippen LogP contribution in [-0.2, 0) is 6.42 Å². The number of aryl methyl sites for hydroxylation is 1. The van der Waals surface area contributed by atoms with Gasteiger partial charge in [-0.3, -0.25) is 0 Å². The molecule has 72 valence electrons. The summed E-state index contributed by atoms with van der Waals surface area (Å²) in [4.78, 5) is 0. The Morgan fingerprint density at radius 2 is 1.80 bits per heavy atom. The number of benzene rings is 1. The molecule has 2 rings (SSSR count). The molecule has 15 heavy (non-hydrogen) atoms. The SMILES string of the molecule is [B]c1c(O)c(O)c([B])c2oc(CC)cc12. The minimum Gasteiger partial charge on any atom is -0.505 e. The Morgan fingerprint density at radius 3 is 2.40 bits per heavy atom. The molecule has 1 aromatic carbocycles. The molecule has 3 nitrogen and oxygen atoms in total. The van der Waals surface area contributed by atoms with E-state index in [9.17, 15) is 10.2 Å². The zero-order valence-electron chi connectivity index (χ0n) is 8.24. The molecule has 0 aliphatic carbocycles. The van der Waals surface area contributed by atoms with Gasteiger partial charge >= 0.3 is 0 Å². The fourth-order valence-electron chi connectivity index (χ4n) is 1.51. The van der Waals surface area contributed by atoms with Gasteiger partial charge in [0.1, 0.15) is 32.8 Å². The maximum Gasteiger partial charge on any atom is 0.153 e. The van der Waals surface area contributed by atoms with Gasteiger partial charge < -0.3 is 14.6 Å². The van der Waals surface area contributed by atoms with Gasteiger partial charge in [0, 0.05) is 11.8 Å². The number of furan rings is 1. The van der Waals surface area contributed by atoms with Crippen LogP contribution in [0.1, 0.15) is 12.7 Å². The van der Waals surface area contributed by atoms with Crippen LogP contribution in [0.15, 0.2) is 10.5 Å². The highest BCUT2D eigenvalue weighted by molar-refractivity contribution is 6.47. The lowest BCUT2D eigenvalue weighted by Crippen LogP contribution is -2.13. The fraction of sp³-hybridized carbons (Fsp3) is 0.200. The molecule has 0 saturated carbocycles. The number of fused-ring (bicyclic) bond motifs is 1. The van der Waals surface area contributed by atoms with Crippen molar-refractivity contribution in [1.29, 1.82) is 0 Å². The zero-order chi connectivity index (χ0) is 11.2. The van der Waals surface area contributed by atoms with Gasteiger partial charge in [0.05, 0.1) is 0 Å². The van der Waals surface area contributed by atoms with Crippen LogP contribution in [0, 0.1) is 0 Å². The van der Waals surface area contributed by atoms with Gasteiger partial charge in [-0.15, -0.1) is 0 Å². The van der Waals surface area contributed by atoms with E-state index in [0.29, 0.717) is 23.2 Å². The minimum absolute atomic E-state index is 0.0106. The molecule has 0 aliphatic heterocycles. The summed E-state index contributed by atoms with van der Waals surface area (Å²) in [5, 5.41) is 19.5.